The van der Waals surface area contributed by atoms with Gasteiger partial charge >= 0.3 is 0 Å². The zero-order valence-corrected chi connectivity index (χ0v) is 15.5. The monoisotopic (exact) mass is 358 g/mol. The molecule has 1 aromatic carbocycles. The lowest BCUT2D eigenvalue weighted by Gasteiger charge is -2.18. The second-order valence-corrected chi connectivity index (χ2v) is 7.42. The van der Waals surface area contributed by atoms with E-state index < -0.39 is 0 Å². The lowest BCUT2D eigenvalue weighted by Crippen LogP contribution is -2.22. The Bertz CT molecular complexity index is 796. The van der Waals surface area contributed by atoms with E-state index in [2.05, 4.69) is 17.6 Å². The zero-order valence-electron chi connectivity index (χ0n) is 14.6. The van der Waals surface area contributed by atoms with Crippen LogP contribution in [0.1, 0.15) is 44.5 Å². The molecule has 1 atom stereocenters. The van der Waals surface area contributed by atoms with E-state index in [1.807, 2.05) is 0 Å². The van der Waals surface area contributed by atoms with Crippen molar-refractivity contribution in [3.63, 3.8) is 0 Å². The van der Waals surface area contributed by atoms with Gasteiger partial charge in [0.1, 0.15) is 10.8 Å². The van der Waals surface area contributed by atoms with Gasteiger partial charge in [-0.2, -0.15) is 0 Å². The minimum atomic E-state index is -0.223. The molecule has 0 radical (unpaired) electrons. The highest BCUT2D eigenvalue weighted by Gasteiger charge is 2.28. The molecule has 132 valence electrons. The summed E-state index contributed by atoms with van der Waals surface area (Å²) in [5, 5.41) is 6.26. The van der Waals surface area contributed by atoms with Crippen molar-refractivity contribution in [2.24, 2.45) is 5.92 Å². The second-order valence-electron chi connectivity index (χ2n) is 6.32. The molecule has 1 heterocycles. The molecule has 0 spiro atoms. The van der Waals surface area contributed by atoms with Crippen LogP contribution in [-0.2, 0) is 12.8 Å². The number of anilines is 1. The van der Waals surface area contributed by atoms with Crippen LogP contribution < -0.4 is 15.4 Å². The van der Waals surface area contributed by atoms with Crippen LogP contribution in [0.4, 0.5) is 5.00 Å². The highest BCUT2D eigenvalue weighted by atomic mass is 32.1. The van der Waals surface area contributed by atoms with Crippen molar-refractivity contribution in [3.8, 4) is 5.75 Å². The molecule has 0 bridgehead atoms. The van der Waals surface area contributed by atoms with Gasteiger partial charge < -0.3 is 15.4 Å². The third kappa shape index (κ3) is 3.54. The van der Waals surface area contributed by atoms with E-state index >= 15 is 0 Å². The maximum atomic E-state index is 12.6. The molecule has 6 heteroatoms. The van der Waals surface area contributed by atoms with Gasteiger partial charge in [0.2, 0.25) is 0 Å². The van der Waals surface area contributed by atoms with E-state index in [0.717, 1.165) is 24.8 Å². The standard InChI is InChI=1S/C19H22N2O3S/c1-11-4-9-14-15(10-11)25-19(16(14)18(23)20-2)21-17(22)12-5-7-13(24-3)8-6-12/h5-8,11H,4,9-10H2,1-3H3,(H,20,23)(H,21,22)/t11-/m1/s1. The first-order valence-corrected chi connectivity index (χ1v) is 9.17. The van der Waals surface area contributed by atoms with Crippen LogP contribution in [0.25, 0.3) is 0 Å². The third-order valence-corrected chi connectivity index (χ3v) is 5.71. The van der Waals surface area contributed by atoms with Gasteiger partial charge in [0, 0.05) is 17.5 Å². The Morgan fingerprint density at radius 3 is 2.56 bits per heavy atom. The summed E-state index contributed by atoms with van der Waals surface area (Å²) in [4.78, 5) is 26.2. The molecule has 0 unspecified atom stereocenters. The smallest absolute Gasteiger partial charge is 0.256 e. The van der Waals surface area contributed by atoms with Crippen molar-refractivity contribution in [2.75, 3.05) is 19.5 Å². The lowest BCUT2D eigenvalue weighted by molar-refractivity contribution is 0.0963. The first-order valence-electron chi connectivity index (χ1n) is 8.35. The van der Waals surface area contributed by atoms with Gasteiger partial charge in [-0.05, 0) is 55.0 Å². The quantitative estimate of drug-likeness (QED) is 0.879. The molecule has 1 aliphatic rings. The van der Waals surface area contributed by atoms with Crippen LogP contribution in [0.15, 0.2) is 24.3 Å². The van der Waals surface area contributed by atoms with Gasteiger partial charge in [0.25, 0.3) is 11.8 Å². The average molecular weight is 358 g/mol. The number of nitrogens with one attached hydrogen (secondary N) is 2. The fourth-order valence-electron chi connectivity index (χ4n) is 3.12. The molecule has 0 fully saturated rings. The van der Waals surface area contributed by atoms with Crippen molar-refractivity contribution in [1.29, 1.82) is 0 Å². The zero-order chi connectivity index (χ0) is 18.0. The summed E-state index contributed by atoms with van der Waals surface area (Å²) in [5.41, 5.74) is 2.24. The molecule has 2 N–H and O–H groups in total. The van der Waals surface area contributed by atoms with Crippen LogP contribution in [0.3, 0.4) is 0 Å². The summed E-state index contributed by atoms with van der Waals surface area (Å²) in [6.45, 7) is 2.22. The van der Waals surface area contributed by atoms with Crippen LogP contribution in [0.2, 0.25) is 0 Å². The van der Waals surface area contributed by atoms with Gasteiger partial charge in [0.05, 0.1) is 12.7 Å². The predicted octanol–water partition coefficient (Wildman–Crippen LogP) is 3.49. The van der Waals surface area contributed by atoms with Gasteiger partial charge in [0.15, 0.2) is 0 Å². The Balaban J connectivity index is 1.90. The number of thiophene rings is 1. The third-order valence-electron chi connectivity index (χ3n) is 4.55. The van der Waals surface area contributed by atoms with Crippen LogP contribution in [0.5, 0.6) is 5.75 Å². The van der Waals surface area contributed by atoms with E-state index in [0.29, 0.717) is 27.8 Å². The first kappa shape index (κ1) is 17.5. The summed E-state index contributed by atoms with van der Waals surface area (Å²) in [6.07, 6.45) is 2.91. The maximum absolute atomic E-state index is 12.6. The van der Waals surface area contributed by atoms with E-state index in [4.69, 9.17) is 4.74 Å². The minimum Gasteiger partial charge on any atom is -0.497 e. The average Bonchev–Trinajstić information content (AvgIpc) is 2.97. The molecular weight excluding hydrogens is 336 g/mol. The molecule has 1 aromatic heterocycles. The number of benzene rings is 1. The Labute approximate surface area is 151 Å². The first-order chi connectivity index (χ1) is 12.0. The molecular formula is C19H22N2O3S. The van der Waals surface area contributed by atoms with E-state index in [-0.39, 0.29) is 11.8 Å². The highest BCUT2D eigenvalue weighted by Crippen LogP contribution is 2.39. The topological polar surface area (TPSA) is 67.4 Å². The molecule has 0 saturated heterocycles. The second kappa shape index (κ2) is 7.27. The van der Waals surface area contributed by atoms with Crippen molar-refractivity contribution in [1.82, 2.24) is 5.32 Å². The molecule has 0 saturated carbocycles. The fourth-order valence-corrected chi connectivity index (χ4v) is 4.52. The van der Waals surface area contributed by atoms with Crippen molar-refractivity contribution < 1.29 is 14.3 Å². The SMILES string of the molecule is CNC(=O)c1c(NC(=O)c2ccc(OC)cc2)sc2c1CC[C@@H](C)C2. The number of hydrogen-bond acceptors (Lipinski definition) is 4. The van der Waals surface area contributed by atoms with Crippen molar-refractivity contribution >= 4 is 28.2 Å². The molecule has 1 aliphatic carbocycles. The number of carbonyl (C=O) groups is 2. The van der Waals surface area contributed by atoms with Crippen LogP contribution in [-0.4, -0.2) is 26.0 Å². The molecule has 5 nitrogen and oxygen atoms in total. The van der Waals surface area contributed by atoms with Crippen molar-refractivity contribution in [2.45, 2.75) is 26.2 Å². The van der Waals surface area contributed by atoms with E-state index in [1.54, 1.807) is 38.4 Å². The Hall–Kier alpha value is -2.34. The van der Waals surface area contributed by atoms with E-state index in [1.165, 1.54) is 16.2 Å². The Morgan fingerprint density at radius 2 is 1.92 bits per heavy atom. The van der Waals surface area contributed by atoms with Crippen LogP contribution in [0, 0.1) is 5.92 Å². The van der Waals surface area contributed by atoms with Gasteiger partial charge in [-0.1, -0.05) is 6.92 Å². The molecule has 0 aliphatic heterocycles. The Kier molecular flexibility index (Phi) is 5.08. The number of hydrogen-bond donors (Lipinski definition) is 2. The van der Waals surface area contributed by atoms with Gasteiger partial charge in [-0.15, -0.1) is 11.3 Å². The van der Waals surface area contributed by atoms with Crippen molar-refractivity contribution in [3.05, 3.63) is 45.8 Å². The van der Waals surface area contributed by atoms with Gasteiger partial charge in [-0.25, -0.2) is 0 Å². The summed E-state index contributed by atoms with van der Waals surface area (Å²) < 4.78 is 5.11. The van der Waals surface area contributed by atoms with E-state index in [9.17, 15) is 9.59 Å². The number of methoxy groups -OCH3 is 1. The molecule has 25 heavy (non-hydrogen) atoms. The fraction of sp³-hybridized carbons (Fsp3) is 0.368. The molecule has 2 amide bonds. The Morgan fingerprint density at radius 1 is 1.20 bits per heavy atom. The maximum Gasteiger partial charge on any atom is 0.256 e. The number of amides is 2. The van der Waals surface area contributed by atoms with Gasteiger partial charge in [-0.3, -0.25) is 9.59 Å². The predicted molar refractivity (Wildman–Crippen MR) is 99.8 cm³/mol. The molecule has 2 aromatic rings. The number of fused-ring (bicyclic) bond motifs is 1. The number of ether oxygens (including phenoxy) is 1. The summed E-state index contributed by atoms with van der Waals surface area (Å²) in [7, 11) is 3.20. The van der Waals surface area contributed by atoms with Crippen LogP contribution >= 0.6 is 11.3 Å². The normalized spacial score (nSPS) is 16.0. The largest absolute Gasteiger partial charge is 0.497 e. The molecule has 3 rings (SSSR count). The number of carbonyl (C=O) groups excluding carboxylic acids is 2. The summed E-state index contributed by atoms with van der Waals surface area (Å²) in [5.74, 6) is 0.938. The number of rotatable bonds is 4. The highest BCUT2D eigenvalue weighted by molar-refractivity contribution is 7.17. The lowest BCUT2D eigenvalue weighted by atomic mass is 9.88. The summed E-state index contributed by atoms with van der Waals surface area (Å²) >= 11 is 1.52. The minimum absolute atomic E-state index is 0.142. The summed E-state index contributed by atoms with van der Waals surface area (Å²) in [6, 6.07) is 6.91.